The molecule has 2 fully saturated rings. The van der Waals surface area contributed by atoms with Gasteiger partial charge in [0, 0.05) is 48.4 Å². The van der Waals surface area contributed by atoms with E-state index in [1.807, 2.05) is 18.2 Å². The number of amides is 2. The zero-order valence-electron chi connectivity index (χ0n) is 27.4. The van der Waals surface area contributed by atoms with Gasteiger partial charge in [0.1, 0.15) is 11.5 Å². The van der Waals surface area contributed by atoms with Gasteiger partial charge in [-0.1, -0.05) is 42.5 Å². The monoisotopic (exact) mass is 687 g/mol. The van der Waals surface area contributed by atoms with Crippen LogP contribution in [-0.2, 0) is 26.2 Å². The fourth-order valence-corrected chi connectivity index (χ4v) is 7.86. The van der Waals surface area contributed by atoms with E-state index in [1.165, 1.54) is 49.6 Å². The van der Waals surface area contributed by atoms with Crippen LogP contribution < -0.4 is 19.1 Å². The predicted octanol–water partition coefficient (Wildman–Crippen LogP) is 6.49. The Hall–Kier alpha value is -4.35. The molecule has 48 heavy (non-hydrogen) atoms. The van der Waals surface area contributed by atoms with Gasteiger partial charge < -0.3 is 19.3 Å². The van der Waals surface area contributed by atoms with Crippen LogP contribution in [0.15, 0.2) is 95.2 Å². The molecule has 0 spiro atoms. The van der Waals surface area contributed by atoms with Crippen molar-refractivity contribution in [3.8, 4) is 21.9 Å². The molecule has 11 heteroatoms. The SMILES string of the molecule is COc1cccc(S(=O)(=O)NC(=O)C(C)(C)Oc2cccc(N3CCC[C@H](C(=O)N(Cc4ccc(-c5cccs5)cc4)C4CC4)C3)c2)c1. The molecule has 1 N–H and O–H groups in total. The van der Waals surface area contributed by atoms with Crippen molar-refractivity contribution in [2.24, 2.45) is 5.92 Å². The number of hydrogen-bond donors (Lipinski definition) is 1. The van der Waals surface area contributed by atoms with Gasteiger partial charge in [-0.2, -0.15) is 0 Å². The fourth-order valence-electron chi connectivity index (χ4n) is 5.99. The molecule has 6 rings (SSSR count). The molecular formula is C37H41N3O6S2. The zero-order valence-corrected chi connectivity index (χ0v) is 29.1. The highest BCUT2D eigenvalue weighted by Gasteiger charge is 2.38. The maximum Gasteiger partial charge on any atom is 0.277 e. The molecule has 2 amide bonds. The number of anilines is 1. The van der Waals surface area contributed by atoms with E-state index in [0.29, 0.717) is 30.6 Å². The molecule has 1 aromatic heterocycles. The molecular weight excluding hydrogens is 647 g/mol. The van der Waals surface area contributed by atoms with Crippen LogP contribution in [0.1, 0.15) is 45.1 Å². The van der Waals surface area contributed by atoms with E-state index >= 15 is 0 Å². The van der Waals surface area contributed by atoms with Gasteiger partial charge in [0.25, 0.3) is 15.9 Å². The number of nitrogens with one attached hydrogen (secondary N) is 1. The molecule has 1 atom stereocenters. The van der Waals surface area contributed by atoms with Crippen molar-refractivity contribution >= 4 is 38.9 Å². The van der Waals surface area contributed by atoms with Crippen LogP contribution in [0.25, 0.3) is 10.4 Å². The summed E-state index contributed by atoms with van der Waals surface area (Å²) in [6.45, 7) is 5.04. The first-order valence-electron chi connectivity index (χ1n) is 16.2. The van der Waals surface area contributed by atoms with Crippen LogP contribution in [0.2, 0.25) is 0 Å². The summed E-state index contributed by atoms with van der Waals surface area (Å²) in [7, 11) is -2.71. The third-order valence-electron chi connectivity index (χ3n) is 8.84. The van der Waals surface area contributed by atoms with Gasteiger partial charge in [0.05, 0.1) is 17.9 Å². The van der Waals surface area contributed by atoms with Crippen molar-refractivity contribution in [3.63, 3.8) is 0 Å². The molecule has 1 aliphatic heterocycles. The van der Waals surface area contributed by atoms with Gasteiger partial charge in [-0.05, 0) is 86.4 Å². The number of benzene rings is 3. The molecule has 9 nitrogen and oxygen atoms in total. The Morgan fingerprint density at radius 3 is 2.42 bits per heavy atom. The molecule has 2 aliphatic rings. The standard InChI is InChI=1S/C37H41N3O6S2/c1-37(2,36(42)38-48(43,44)33-12-5-10-31(23-33)45-3)46-32-11-4-9-30(22-32)39-20-6-8-28(25-39)35(41)40(29-18-19-29)24-26-14-16-27(17-15-26)34-13-7-21-47-34/h4-5,7,9-17,21-23,28-29H,6,8,18-20,24-25H2,1-3H3,(H,38,42)/t28-/m0/s1. The van der Waals surface area contributed by atoms with E-state index in [2.05, 4.69) is 56.3 Å². The van der Waals surface area contributed by atoms with Crippen molar-refractivity contribution in [1.82, 2.24) is 9.62 Å². The Bertz CT molecular complexity index is 1850. The van der Waals surface area contributed by atoms with E-state index < -0.39 is 21.5 Å². The lowest BCUT2D eigenvalue weighted by Gasteiger charge is -2.36. The topological polar surface area (TPSA) is 105 Å². The van der Waals surface area contributed by atoms with Crippen molar-refractivity contribution in [2.75, 3.05) is 25.1 Å². The van der Waals surface area contributed by atoms with Crippen molar-refractivity contribution in [1.29, 1.82) is 0 Å². The second-order valence-corrected chi connectivity index (χ2v) is 15.5. The lowest BCUT2D eigenvalue weighted by molar-refractivity contribution is -0.137. The normalized spacial score (nSPS) is 16.6. The molecule has 1 saturated carbocycles. The van der Waals surface area contributed by atoms with Crippen LogP contribution in [-0.4, -0.2) is 57.0 Å². The Morgan fingerprint density at radius 1 is 0.958 bits per heavy atom. The minimum absolute atomic E-state index is 0.0884. The largest absolute Gasteiger partial charge is 0.497 e. The van der Waals surface area contributed by atoms with Gasteiger partial charge >= 0.3 is 0 Å². The smallest absolute Gasteiger partial charge is 0.277 e. The molecule has 4 aromatic rings. The van der Waals surface area contributed by atoms with E-state index in [1.54, 1.807) is 23.5 Å². The molecule has 1 aliphatic carbocycles. The molecule has 0 radical (unpaired) electrons. The number of carbonyl (C=O) groups excluding carboxylic acids is 2. The maximum atomic E-state index is 14.0. The summed E-state index contributed by atoms with van der Waals surface area (Å²) in [6.07, 6.45) is 3.80. The van der Waals surface area contributed by atoms with Crippen LogP contribution in [0.3, 0.4) is 0 Å². The van der Waals surface area contributed by atoms with Crippen LogP contribution in [0.5, 0.6) is 11.5 Å². The molecule has 3 aromatic carbocycles. The first kappa shape index (κ1) is 33.5. The quantitative estimate of drug-likeness (QED) is 0.182. The number of thiophene rings is 1. The van der Waals surface area contributed by atoms with Crippen LogP contribution in [0.4, 0.5) is 5.69 Å². The predicted molar refractivity (Wildman–Crippen MR) is 188 cm³/mol. The van der Waals surface area contributed by atoms with E-state index in [-0.39, 0.29) is 16.7 Å². The number of piperidine rings is 1. The zero-order chi connectivity index (χ0) is 33.9. The summed E-state index contributed by atoms with van der Waals surface area (Å²) in [5.41, 5.74) is 1.70. The molecule has 2 heterocycles. The number of hydrogen-bond acceptors (Lipinski definition) is 8. The van der Waals surface area contributed by atoms with Gasteiger partial charge in [-0.25, -0.2) is 13.1 Å². The summed E-state index contributed by atoms with van der Waals surface area (Å²) in [6, 6.07) is 26.3. The summed E-state index contributed by atoms with van der Waals surface area (Å²) in [4.78, 5) is 32.5. The first-order valence-corrected chi connectivity index (χ1v) is 18.6. The summed E-state index contributed by atoms with van der Waals surface area (Å²) in [5.74, 6) is 0.0517. The highest BCUT2D eigenvalue weighted by atomic mass is 32.2. The van der Waals surface area contributed by atoms with Crippen LogP contribution in [0, 0.1) is 5.92 Å². The number of rotatable bonds is 12. The van der Waals surface area contributed by atoms with Gasteiger partial charge in [-0.3, -0.25) is 9.59 Å². The van der Waals surface area contributed by atoms with Crippen LogP contribution >= 0.6 is 11.3 Å². The van der Waals surface area contributed by atoms with Gasteiger partial charge in [0.2, 0.25) is 5.91 Å². The van der Waals surface area contributed by atoms with E-state index in [0.717, 1.165) is 43.5 Å². The number of ether oxygens (including phenoxy) is 2. The van der Waals surface area contributed by atoms with Gasteiger partial charge in [-0.15, -0.1) is 11.3 Å². The number of carbonyl (C=O) groups is 2. The summed E-state index contributed by atoms with van der Waals surface area (Å²) >= 11 is 1.72. The lowest BCUT2D eigenvalue weighted by Crippen LogP contribution is -2.48. The lowest BCUT2D eigenvalue weighted by atomic mass is 9.95. The number of sulfonamides is 1. The average molecular weight is 688 g/mol. The molecule has 1 saturated heterocycles. The Morgan fingerprint density at radius 2 is 1.71 bits per heavy atom. The average Bonchev–Trinajstić information content (AvgIpc) is 3.79. The van der Waals surface area contributed by atoms with Crippen molar-refractivity contribution in [2.45, 2.75) is 62.6 Å². The Kier molecular flexibility index (Phi) is 9.80. The Labute approximate surface area is 286 Å². The maximum absolute atomic E-state index is 14.0. The number of methoxy groups -OCH3 is 1. The summed E-state index contributed by atoms with van der Waals surface area (Å²) < 4.78 is 39.2. The van der Waals surface area contributed by atoms with Crippen molar-refractivity contribution in [3.05, 3.63) is 95.9 Å². The third-order valence-corrected chi connectivity index (χ3v) is 11.1. The Balaban J connectivity index is 1.10. The molecule has 0 bridgehead atoms. The highest BCUT2D eigenvalue weighted by Crippen LogP contribution is 2.34. The minimum atomic E-state index is -4.15. The second-order valence-electron chi connectivity index (χ2n) is 12.9. The highest BCUT2D eigenvalue weighted by molar-refractivity contribution is 7.90. The van der Waals surface area contributed by atoms with Gasteiger partial charge in [0.15, 0.2) is 5.60 Å². The van der Waals surface area contributed by atoms with Crippen molar-refractivity contribution < 1.29 is 27.5 Å². The first-order chi connectivity index (χ1) is 23.0. The number of nitrogens with zero attached hydrogens (tertiary/aromatic N) is 2. The second kappa shape index (κ2) is 14.0. The minimum Gasteiger partial charge on any atom is -0.497 e. The van der Waals surface area contributed by atoms with E-state index in [4.69, 9.17) is 9.47 Å². The summed E-state index contributed by atoms with van der Waals surface area (Å²) in [5, 5.41) is 2.08. The molecule has 0 unspecified atom stereocenters. The third kappa shape index (κ3) is 7.85. The fraction of sp³-hybridized carbons (Fsp3) is 0.351. The van der Waals surface area contributed by atoms with E-state index in [9.17, 15) is 18.0 Å². The molecule has 252 valence electrons.